The predicted octanol–water partition coefficient (Wildman–Crippen LogP) is 4.59. The number of halogens is 1. The lowest BCUT2D eigenvalue weighted by Crippen LogP contribution is -2.53. The summed E-state index contributed by atoms with van der Waals surface area (Å²) in [5, 5.41) is 3.59. The number of nitrogens with one attached hydrogen (secondary N) is 1. The van der Waals surface area contributed by atoms with Gasteiger partial charge in [0, 0.05) is 17.6 Å². The molecule has 9 heteroatoms. The second kappa shape index (κ2) is 12.1. The van der Waals surface area contributed by atoms with E-state index in [4.69, 9.17) is 11.6 Å². The van der Waals surface area contributed by atoms with Crippen molar-refractivity contribution in [3.05, 3.63) is 64.2 Å². The van der Waals surface area contributed by atoms with Crippen molar-refractivity contribution in [2.45, 2.75) is 71.5 Å². The first-order valence-electron chi connectivity index (χ1n) is 12.4. The average molecular weight is 534 g/mol. The number of nitrogens with zero attached hydrogens (tertiary/aromatic N) is 2. The SMILES string of the molecule is CC[C@H](C(=O)NC1CCCC1)N(Cc1cccc(C)c1)C(=O)CN(c1ccc(Cl)cc1C)S(C)(=O)=O. The number of aryl methyl sites for hydroxylation is 2. The van der Waals surface area contributed by atoms with E-state index in [0.29, 0.717) is 22.7 Å². The molecular formula is C27H36ClN3O4S. The van der Waals surface area contributed by atoms with Crippen molar-refractivity contribution >= 4 is 39.1 Å². The normalized spacial score (nSPS) is 14.9. The Balaban J connectivity index is 1.94. The predicted molar refractivity (Wildman–Crippen MR) is 145 cm³/mol. The van der Waals surface area contributed by atoms with Gasteiger partial charge in [0.1, 0.15) is 12.6 Å². The molecule has 1 aliphatic rings. The highest BCUT2D eigenvalue weighted by molar-refractivity contribution is 7.92. The van der Waals surface area contributed by atoms with Crippen molar-refractivity contribution in [1.82, 2.24) is 10.2 Å². The molecule has 2 aromatic rings. The summed E-state index contributed by atoms with van der Waals surface area (Å²) < 4.78 is 26.6. The van der Waals surface area contributed by atoms with Gasteiger partial charge in [-0.25, -0.2) is 8.42 Å². The average Bonchev–Trinajstić information content (AvgIpc) is 3.30. The van der Waals surface area contributed by atoms with Crippen LogP contribution in [0, 0.1) is 13.8 Å². The minimum absolute atomic E-state index is 0.117. The molecule has 196 valence electrons. The van der Waals surface area contributed by atoms with Gasteiger partial charge in [0.2, 0.25) is 21.8 Å². The molecule has 0 bridgehead atoms. The number of hydrogen-bond acceptors (Lipinski definition) is 4. The zero-order valence-electron chi connectivity index (χ0n) is 21.5. The number of carbonyl (C=O) groups excluding carboxylic acids is 2. The summed E-state index contributed by atoms with van der Waals surface area (Å²) >= 11 is 6.07. The van der Waals surface area contributed by atoms with Crippen molar-refractivity contribution < 1.29 is 18.0 Å². The molecule has 1 N–H and O–H groups in total. The molecule has 0 aromatic heterocycles. The van der Waals surface area contributed by atoms with Gasteiger partial charge in [0.25, 0.3) is 0 Å². The Bertz CT molecular complexity index is 1200. The van der Waals surface area contributed by atoms with E-state index in [-0.39, 0.29) is 18.5 Å². The lowest BCUT2D eigenvalue weighted by atomic mass is 10.1. The molecule has 0 spiro atoms. The lowest BCUT2D eigenvalue weighted by Gasteiger charge is -2.33. The highest BCUT2D eigenvalue weighted by Gasteiger charge is 2.33. The van der Waals surface area contributed by atoms with Crippen molar-refractivity contribution in [1.29, 1.82) is 0 Å². The zero-order valence-corrected chi connectivity index (χ0v) is 23.0. The van der Waals surface area contributed by atoms with Crippen molar-refractivity contribution in [2.75, 3.05) is 17.1 Å². The molecule has 2 aromatic carbocycles. The molecule has 0 radical (unpaired) electrons. The monoisotopic (exact) mass is 533 g/mol. The molecule has 1 fully saturated rings. The number of hydrogen-bond donors (Lipinski definition) is 1. The molecule has 2 amide bonds. The molecule has 36 heavy (non-hydrogen) atoms. The maximum atomic E-state index is 13.8. The summed E-state index contributed by atoms with van der Waals surface area (Å²) in [4.78, 5) is 28.6. The number of sulfonamides is 1. The second-order valence-corrected chi connectivity index (χ2v) is 12.0. The van der Waals surface area contributed by atoms with Gasteiger partial charge in [-0.2, -0.15) is 0 Å². The van der Waals surface area contributed by atoms with Crippen LogP contribution in [0.25, 0.3) is 0 Å². The molecule has 0 saturated heterocycles. The fourth-order valence-corrected chi connectivity index (χ4v) is 5.92. The first kappa shape index (κ1) is 28.0. The Labute approximate surface area is 219 Å². The quantitative estimate of drug-likeness (QED) is 0.484. The van der Waals surface area contributed by atoms with Gasteiger partial charge in [-0.05, 0) is 62.4 Å². The third-order valence-corrected chi connectivity index (χ3v) is 7.99. The van der Waals surface area contributed by atoms with Gasteiger partial charge < -0.3 is 10.2 Å². The van der Waals surface area contributed by atoms with E-state index in [1.165, 1.54) is 4.90 Å². The third kappa shape index (κ3) is 7.23. The maximum Gasteiger partial charge on any atom is 0.244 e. The highest BCUT2D eigenvalue weighted by atomic mass is 35.5. The third-order valence-electron chi connectivity index (χ3n) is 6.63. The van der Waals surface area contributed by atoms with E-state index >= 15 is 0 Å². The van der Waals surface area contributed by atoms with Crippen LogP contribution < -0.4 is 9.62 Å². The summed E-state index contributed by atoms with van der Waals surface area (Å²) in [6, 6.07) is 12.0. The fourth-order valence-electron chi connectivity index (χ4n) is 4.79. The van der Waals surface area contributed by atoms with Crippen molar-refractivity contribution in [3.8, 4) is 0 Å². The topological polar surface area (TPSA) is 86.8 Å². The molecule has 7 nitrogen and oxygen atoms in total. The molecular weight excluding hydrogens is 498 g/mol. The van der Waals surface area contributed by atoms with Crippen LogP contribution in [0.1, 0.15) is 55.7 Å². The van der Waals surface area contributed by atoms with Crippen LogP contribution in [0.4, 0.5) is 5.69 Å². The number of amides is 2. The second-order valence-electron chi connectivity index (χ2n) is 9.63. The summed E-state index contributed by atoms with van der Waals surface area (Å²) in [6.07, 6.45) is 5.52. The summed E-state index contributed by atoms with van der Waals surface area (Å²) in [7, 11) is -3.79. The molecule has 0 aliphatic heterocycles. The first-order chi connectivity index (χ1) is 17.0. The van der Waals surface area contributed by atoms with Crippen molar-refractivity contribution in [3.63, 3.8) is 0 Å². The number of benzene rings is 2. The van der Waals surface area contributed by atoms with E-state index < -0.39 is 28.5 Å². The van der Waals surface area contributed by atoms with Crippen LogP contribution in [0.5, 0.6) is 0 Å². The van der Waals surface area contributed by atoms with Crippen molar-refractivity contribution in [2.24, 2.45) is 0 Å². The molecule has 0 heterocycles. The maximum absolute atomic E-state index is 13.8. The van der Waals surface area contributed by atoms with E-state index in [1.54, 1.807) is 25.1 Å². The van der Waals surface area contributed by atoms with Gasteiger partial charge in [-0.15, -0.1) is 0 Å². The Morgan fingerprint density at radius 3 is 2.39 bits per heavy atom. The van der Waals surface area contributed by atoms with Gasteiger partial charge in [-0.3, -0.25) is 13.9 Å². The van der Waals surface area contributed by atoms with E-state index in [1.807, 2.05) is 38.1 Å². The molecule has 1 saturated carbocycles. The van der Waals surface area contributed by atoms with Crippen LogP contribution in [0.2, 0.25) is 5.02 Å². The van der Waals surface area contributed by atoms with Crippen LogP contribution in [0.15, 0.2) is 42.5 Å². The Hall–Kier alpha value is -2.58. The van der Waals surface area contributed by atoms with Crippen LogP contribution in [0.3, 0.4) is 0 Å². The van der Waals surface area contributed by atoms with E-state index in [2.05, 4.69) is 5.32 Å². The molecule has 3 rings (SSSR count). The van der Waals surface area contributed by atoms with Gasteiger partial charge in [0.15, 0.2) is 0 Å². The van der Waals surface area contributed by atoms with Gasteiger partial charge in [-0.1, -0.05) is 61.2 Å². The molecule has 1 atom stereocenters. The smallest absolute Gasteiger partial charge is 0.244 e. The lowest BCUT2D eigenvalue weighted by molar-refractivity contribution is -0.140. The first-order valence-corrected chi connectivity index (χ1v) is 14.6. The van der Waals surface area contributed by atoms with Gasteiger partial charge in [0.05, 0.1) is 11.9 Å². The summed E-state index contributed by atoms with van der Waals surface area (Å²) in [6.45, 7) is 5.37. The van der Waals surface area contributed by atoms with Crippen LogP contribution in [-0.2, 0) is 26.2 Å². The Morgan fingerprint density at radius 1 is 1.11 bits per heavy atom. The minimum Gasteiger partial charge on any atom is -0.352 e. The summed E-state index contributed by atoms with van der Waals surface area (Å²) in [5.41, 5.74) is 2.94. The molecule has 1 aliphatic carbocycles. The number of carbonyl (C=O) groups is 2. The number of rotatable bonds is 10. The van der Waals surface area contributed by atoms with E-state index in [9.17, 15) is 18.0 Å². The summed E-state index contributed by atoms with van der Waals surface area (Å²) in [5.74, 6) is -0.635. The van der Waals surface area contributed by atoms with Crippen LogP contribution >= 0.6 is 11.6 Å². The highest BCUT2D eigenvalue weighted by Crippen LogP contribution is 2.26. The fraction of sp³-hybridized carbons (Fsp3) is 0.481. The molecule has 0 unspecified atom stereocenters. The van der Waals surface area contributed by atoms with Gasteiger partial charge >= 0.3 is 0 Å². The Morgan fingerprint density at radius 2 is 1.81 bits per heavy atom. The zero-order chi connectivity index (χ0) is 26.5. The largest absolute Gasteiger partial charge is 0.352 e. The number of anilines is 1. The standard InChI is InChI=1S/C27H36ClN3O4S/c1-5-24(27(33)29-23-11-6-7-12-23)30(17-21-10-8-9-19(2)15-21)26(32)18-31(36(4,34)35)25-14-13-22(28)16-20(25)3/h8-10,13-16,23-24H,5-7,11-12,17-18H2,1-4H3,(H,29,33)/t24-/m1/s1. The Kier molecular flexibility index (Phi) is 9.41. The van der Waals surface area contributed by atoms with Crippen LogP contribution in [-0.4, -0.2) is 50.0 Å². The van der Waals surface area contributed by atoms with E-state index in [0.717, 1.165) is 47.4 Å². The minimum atomic E-state index is -3.79.